The fourth-order valence-corrected chi connectivity index (χ4v) is 3.23. The molecule has 0 saturated carbocycles. The van der Waals surface area contributed by atoms with Crippen LogP contribution in [-0.4, -0.2) is 34.0 Å². The van der Waals surface area contributed by atoms with E-state index in [0.29, 0.717) is 30.3 Å². The fraction of sp³-hybridized carbons (Fsp3) is 0.471. The summed E-state index contributed by atoms with van der Waals surface area (Å²) in [4.78, 5) is 17.1. The Morgan fingerprint density at radius 3 is 2.96 bits per heavy atom. The van der Waals surface area contributed by atoms with Gasteiger partial charge in [0, 0.05) is 12.6 Å². The number of nitrogens with two attached hydrogens (primary N) is 1. The smallest absolute Gasteiger partial charge is 0.290 e. The molecule has 0 aliphatic carbocycles. The molecule has 0 spiro atoms. The van der Waals surface area contributed by atoms with Crippen molar-refractivity contribution in [2.45, 2.75) is 32.2 Å². The maximum absolute atomic E-state index is 13.7. The molecule has 1 fully saturated rings. The highest BCUT2D eigenvalue weighted by Crippen LogP contribution is 2.23. The van der Waals surface area contributed by atoms with Gasteiger partial charge in [0.05, 0.1) is 6.54 Å². The lowest BCUT2D eigenvalue weighted by molar-refractivity contribution is 0.0987. The van der Waals surface area contributed by atoms with Crippen molar-refractivity contribution in [3.63, 3.8) is 0 Å². The first-order valence-corrected chi connectivity index (χ1v) is 8.30. The summed E-state index contributed by atoms with van der Waals surface area (Å²) in [5.74, 6) is -1.10. The van der Waals surface area contributed by atoms with Gasteiger partial charge in [-0.25, -0.2) is 8.78 Å². The van der Waals surface area contributed by atoms with Crippen molar-refractivity contribution in [1.29, 1.82) is 0 Å². The number of piperidine rings is 1. The molecule has 1 aromatic heterocycles. The minimum atomic E-state index is -0.715. The number of likely N-dealkylation sites (tertiary alicyclic amines) is 1. The van der Waals surface area contributed by atoms with Crippen LogP contribution in [0.4, 0.5) is 8.78 Å². The number of hydrogen-bond acceptors (Lipinski definition) is 5. The zero-order chi connectivity index (χ0) is 17.8. The number of carbonyl (C=O) groups is 1. The van der Waals surface area contributed by atoms with E-state index >= 15 is 0 Å². The van der Waals surface area contributed by atoms with E-state index < -0.39 is 17.5 Å². The van der Waals surface area contributed by atoms with E-state index in [0.717, 1.165) is 38.4 Å². The van der Waals surface area contributed by atoms with Crippen molar-refractivity contribution in [2.75, 3.05) is 13.1 Å². The summed E-state index contributed by atoms with van der Waals surface area (Å²) in [6.07, 6.45) is 3.50. The predicted molar refractivity (Wildman–Crippen MR) is 85.5 cm³/mol. The second-order valence-corrected chi connectivity index (χ2v) is 6.39. The van der Waals surface area contributed by atoms with Crippen LogP contribution in [0.15, 0.2) is 22.7 Å². The minimum Gasteiger partial charge on any atom is -0.363 e. The van der Waals surface area contributed by atoms with Crippen LogP contribution >= 0.6 is 0 Å². The number of carbonyl (C=O) groups excluding carboxylic acids is 1. The number of halogens is 2. The zero-order valence-corrected chi connectivity index (χ0v) is 13.8. The third kappa shape index (κ3) is 4.60. The van der Waals surface area contributed by atoms with Crippen LogP contribution in [0.25, 0.3) is 0 Å². The van der Waals surface area contributed by atoms with Gasteiger partial charge in [-0.05, 0) is 49.8 Å². The molecule has 8 heteroatoms. The molecule has 1 saturated heterocycles. The number of aryl methyl sites for hydroxylation is 1. The van der Waals surface area contributed by atoms with Gasteiger partial charge >= 0.3 is 0 Å². The maximum atomic E-state index is 13.7. The van der Waals surface area contributed by atoms with Gasteiger partial charge in [-0.15, -0.1) is 0 Å². The highest BCUT2D eigenvalue weighted by atomic mass is 19.1. The third-order valence-electron chi connectivity index (χ3n) is 4.49. The van der Waals surface area contributed by atoms with Gasteiger partial charge in [0.15, 0.2) is 0 Å². The van der Waals surface area contributed by atoms with Crippen molar-refractivity contribution in [2.24, 2.45) is 11.7 Å². The Morgan fingerprint density at radius 2 is 2.24 bits per heavy atom. The van der Waals surface area contributed by atoms with E-state index in [4.69, 9.17) is 10.3 Å². The van der Waals surface area contributed by atoms with Gasteiger partial charge in [-0.3, -0.25) is 9.69 Å². The summed E-state index contributed by atoms with van der Waals surface area (Å²) in [5.41, 5.74) is 5.65. The molecule has 134 valence electrons. The second kappa shape index (κ2) is 7.69. The largest absolute Gasteiger partial charge is 0.363 e. The number of amides is 1. The highest BCUT2D eigenvalue weighted by Gasteiger charge is 2.22. The summed E-state index contributed by atoms with van der Waals surface area (Å²) in [7, 11) is 0. The van der Waals surface area contributed by atoms with Crippen molar-refractivity contribution in [3.8, 4) is 0 Å². The monoisotopic (exact) mass is 350 g/mol. The normalized spacial score (nSPS) is 18.4. The fourth-order valence-electron chi connectivity index (χ4n) is 3.23. The molecular weight excluding hydrogens is 330 g/mol. The van der Waals surface area contributed by atoms with Crippen LogP contribution in [0.1, 0.15) is 41.3 Å². The molecule has 0 radical (unpaired) electrons. The van der Waals surface area contributed by atoms with Crippen molar-refractivity contribution >= 4 is 5.91 Å². The average molecular weight is 350 g/mol. The van der Waals surface area contributed by atoms with E-state index in [1.54, 1.807) is 0 Å². The Balaban J connectivity index is 1.52. The molecular formula is C17H20F2N4O2. The molecule has 2 aromatic rings. The molecule has 1 aromatic carbocycles. The van der Waals surface area contributed by atoms with Gasteiger partial charge in [0.1, 0.15) is 11.6 Å². The lowest BCUT2D eigenvalue weighted by atomic mass is 9.91. The average Bonchev–Trinajstić information content (AvgIpc) is 3.03. The summed E-state index contributed by atoms with van der Waals surface area (Å²) in [5, 5.41) is 3.53. The molecule has 6 nitrogen and oxygen atoms in total. The SMILES string of the molecule is NC(=O)c1noc(CN2CCC[C@H](CCc3ccc(F)cc3F)C2)n1. The Labute approximate surface area is 144 Å². The molecule has 25 heavy (non-hydrogen) atoms. The first-order valence-electron chi connectivity index (χ1n) is 8.30. The maximum Gasteiger partial charge on any atom is 0.290 e. The molecule has 2 heterocycles. The van der Waals surface area contributed by atoms with E-state index in [2.05, 4.69) is 15.0 Å². The van der Waals surface area contributed by atoms with E-state index in [1.807, 2.05) is 0 Å². The van der Waals surface area contributed by atoms with Crippen LogP contribution < -0.4 is 5.73 Å². The van der Waals surface area contributed by atoms with Gasteiger partial charge in [0.2, 0.25) is 5.89 Å². The molecule has 2 N–H and O–H groups in total. The number of nitrogens with zero attached hydrogens (tertiary/aromatic N) is 3. The van der Waals surface area contributed by atoms with Crippen LogP contribution in [0.5, 0.6) is 0 Å². The molecule has 0 bridgehead atoms. The first-order chi connectivity index (χ1) is 12.0. The van der Waals surface area contributed by atoms with Crippen molar-refractivity contribution in [3.05, 3.63) is 47.1 Å². The predicted octanol–water partition coefficient (Wildman–Crippen LogP) is 2.29. The molecule has 1 aliphatic heterocycles. The third-order valence-corrected chi connectivity index (χ3v) is 4.49. The summed E-state index contributed by atoms with van der Waals surface area (Å²) in [6, 6.07) is 3.72. The van der Waals surface area contributed by atoms with Crippen LogP contribution in [0.3, 0.4) is 0 Å². The standard InChI is InChI=1S/C17H20F2N4O2/c18-13-6-5-12(14(19)8-13)4-3-11-2-1-7-23(9-11)10-15-21-17(16(20)24)22-25-15/h5-6,8,11H,1-4,7,9-10H2,(H2,20,24)/t11-/m1/s1. The van der Waals surface area contributed by atoms with Crippen molar-refractivity contribution in [1.82, 2.24) is 15.0 Å². The first kappa shape index (κ1) is 17.5. The van der Waals surface area contributed by atoms with Gasteiger partial charge in [0.25, 0.3) is 11.7 Å². The zero-order valence-electron chi connectivity index (χ0n) is 13.8. The number of hydrogen-bond donors (Lipinski definition) is 1. The quantitative estimate of drug-likeness (QED) is 0.864. The molecule has 1 aliphatic rings. The number of benzene rings is 1. The number of rotatable bonds is 6. The Hall–Kier alpha value is -2.35. The van der Waals surface area contributed by atoms with Crippen LogP contribution in [0.2, 0.25) is 0 Å². The van der Waals surface area contributed by atoms with E-state index in [1.165, 1.54) is 12.1 Å². The topological polar surface area (TPSA) is 85.2 Å². The number of aromatic nitrogens is 2. The molecule has 1 atom stereocenters. The Morgan fingerprint density at radius 1 is 1.40 bits per heavy atom. The van der Waals surface area contributed by atoms with E-state index in [9.17, 15) is 13.6 Å². The molecule has 0 unspecified atom stereocenters. The highest BCUT2D eigenvalue weighted by molar-refractivity contribution is 5.88. The number of primary amides is 1. The van der Waals surface area contributed by atoms with Crippen LogP contribution in [-0.2, 0) is 13.0 Å². The van der Waals surface area contributed by atoms with Gasteiger partial charge in [-0.2, -0.15) is 4.98 Å². The van der Waals surface area contributed by atoms with Crippen LogP contribution in [0, 0.1) is 17.6 Å². The van der Waals surface area contributed by atoms with E-state index in [-0.39, 0.29) is 5.82 Å². The Bertz CT molecular complexity index is 750. The second-order valence-electron chi connectivity index (χ2n) is 6.39. The molecule has 3 rings (SSSR count). The lowest BCUT2D eigenvalue weighted by Crippen LogP contribution is -2.35. The summed E-state index contributed by atoms with van der Waals surface area (Å²) in [6.45, 7) is 2.19. The Kier molecular flexibility index (Phi) is 5.37. The molecule has 1 amide bonds. The van der Waals surface area contributed by atoms with Gasteiger partial charge in [-0.1, -0.05) is 11.2 Å². The lowest BCUT2D eigenvalue weighted by Gasteiger charge is -2.31. The summed E-state index contributed by atoms with van der Waals surface area (Å²) >= 11 is 0. The van der Waals surface area contributed by atoms with Gasteiger partial charge < -0.3 is 10.3 Å². The summed E-state index contributed by atoms with van der Waals surface area (Å²) < 4.78 is 31.7. The van der Waals surface area contributed by atoms with Crippen molar-refractivity contribution < 1.29 is 18.1 Å². The minimum absolute atomic E-state index is 0.115.